The van der Waals surface area contributed by atoms with E-state index in [-0.39, 0.29) is 13.0 Å². The minimum atomic E-state index is -0.756. The molecule has 0 aliphatic heterocycles. The second kappa shape index (κ2) is 7.24. The normalized spacial score (nSPS) is 11.2. The van der Waals surface area contributed by atoms with Crippen LogP contribution in [0.2, 0.25) is 5.02 Å². The summed E-state index contributed by atoms with van der Waals surface area (Å²) in [6.45, 7) is -0.331. The van der Waals surface area contributed by atoms with Gasteiger partial charge < -0.3 is 15.8 Å². The van der Waals surface area contributed by atoms with Gasteiger partial charge in [-0.05, 0) is 17.7 Å². The molecule has 1 atom stereocenters. The fourth-order valence-electron chi connectivity index (χ4n) is 1.46. The van der Waals surface area contributed by atoms with E-state index in [4.69, 9.17) is 22.6 Å². The van der Waals surface area contributed by atoms with Gasteiger partial charge in [-0.25, -0.2) is 4.79 Å². The van der Waals surface area contributed by atoms with Crippen LogP contribution in [0.4, 0.5) is 4.79 Å². The summed E-state index contributed by atoms with van der Waals surface area (Å²) in [6, 6.07) is 6.91. The van der Waals surface area contributed by atoms with Crippen LogP contribution in [0, 0.1) is 11.3 Å². The Labute approximate surface area is 115 Å². The van der Waals surface area contributed by atoms with Gasteiger partial charge in [-0.15, -0.1) is 0 Å². The lowest BCUT2D eigenvalue weighted by Gasteiger charge is -2.17. The first-order valence-electron chi connectivity index (χ1n) is 5.37. The van der Waals surface area contributed by atoms with Gasteiger partial charge >= 0.3 is 12.0 Å². The van der Waals surface area contributed by atoms with Crippen molar-refractivity contribution < 1.29 is 14.3 Å². The number of nitriles is 1. The molecule has 7 heteroatoms. The molecule has 6 nitrogen and oxygen atoms in total. The number of ether oxygens (including phenoxy) is 1. The molecule has 0 spiro atoms. The Morgan fingerprint density at radius 1 is 1.42 bits per heavy atom. The van der Waals surface area contributed by atoms with Crippen molar-refractivity contribution in [2.75, 3.05) is 6.61 Å². The zero-order valence-electron chi connectivity index (χ0n) is 9.93. The number of nitrogens with one attached hydrogen (secondary N) is 1. The molecular weight excluding hydrogens is 270 g/mol. The van der Waals surface area contributed by atoms with Gasteiger partial charge in [0.1, 0.15) is 6.07 Å². The summed E-state index contributed by atoms with van der Waals surface area (Å²) in [7, 11) is 0. The summed E-state index contributed by atoms with van der Waals surface area (Å²) in [4.78, 5) is 22.4. The molecule has 3 N–H and O–H groups in total. The fourth-order valence-corrected chi connectivity index (χ4v) is 1.58. The van der Waals surface area contributed by atoms with E-state index in [0.717, 1.165) is 0 Å². The van der Waals surface area contributed by atoms with Gasteiger partial charge in [0.2, 0.25) is 0 Å². The highest BCUT2D eigenvalue weighted by Crippen LogP contribution is 2.19. The maximum atomic E-state index is 11.4. The largest absolute Gasteiger partial charge is 0.450 e. The minimum absolute atomic E-state index is 0.119. The number of hydrogen-bond donors (Lipinski definition) is 2. The van der Waals surface area contributed by atoms with Crippen molar-refractivity contribution in [2.24, 2.45) is 5.73 Å². The van der Waals surface area contributed by atoms with E-state index in [9.17, 15) is 9.59 Å². The number of primary amides is 1. The van der Waals surface area contributed by atoms with Crippen LogP contribution in [0.5, 0.6) is 0 Å². The lowest BCUT2D eigenvalue weighted by molar-refractivity contribution is -0.142. The number of halogens is 1. The summed E-state index contributed by atoms with van der Waals surface area (Å²) < 4.78 is 4.63. The molecule has 0 aromatic heterocycles. The molecule has 0 bridgehead atoms. The second-order valence-corrected chi connectivity index (χ2v) is 4.07. The van der Waals surface area contributed by atoms with Crippen molar-refractivity contribution in [3.63, 3.8) is 0 Å². The third-order valence-electron chi connectivity index (χ3n) is 2.26. The first-order valence-corrected chi connectivity index (χ1v) is 5.74. The molecule has 0 aliphatic carbocycles. The maximum absolute atomic E-state index is 11.4. The zero-order chi connectivity index (χ0) is 14.3. The van der Waals surface area contributed by atoms with Gasteiger partial charge in [0.25, 0.3) is 0 Å². The molecule has 0 fully saturated rings. The summed E-state index contributed by atoms with van der Waals surface area (Å²) >= 11 is 5.76. The molecule has 0 saturated carbocycles. The number of nitrogens with zero attached hydrogens (tertiary/aromatic N) is 1. The average Bonchev–Trinajstić information content (AvgIpc) is 2.36. The molecule has 1 aromatic rings. The Balaban J connectivity index is 2.77. The van der Waals surface area contributed by atoms with Crippen LogP contribution in [0.15, 0.2) is 24.3 Å². The van der Waals surface area contributed by atoms with Crippen LogP contribution < -0.4 is 11.1 Å². The number of hydrogen-bond acceptors (Lipinski definition) is 4. The van der Waals surface area contributed by atoms with Gasteiger partial charge in [-0.1, -0.05) is 23.7 Å². The molecule has 2 amide bonds. The first-order chi connectivity index (χ1) is 9.02. The third-order valence-corrected chi connectivity index (χ3v) is 2.51. The highest BCUT2D eigenvalue weighted by molar-refractivity contribution is 6.30. The molecule has 0 aliphatic rings. The quantitative estimate of drug-likeness (QED) is 0.798. The van der Waals surface area contributed by atoms with E-state index in [1.54, 1.807) is 30.3 Å². The average molecular weight is 282 g/mol. The van der Waals surface area contributed by atoms with E-state index < -0.39 is 18.0 Å². The molecule has 19 heavy (non-hydrogen) atoms. The number of carbonyl (C=O) groups excluding carboxylic acids is 2. The molecule has 0 heterocycles. The number of amides is 2. The molecule has 0 radical (unpaired) electrons. The van der Waals surface area contributed by atoms with Crippen LogP contribution in [-0.4, -0.2) is 18.6 Å². The van der Waals surface area contributed by atoms with E-state index in [0.29, 0.717) is 10.6 Å². The SMILES string of the molecule is N#CCOC(=O)C[C@@H](NC(N)=O)c1ccc(Cl)cc1. The molecule has 1 aromatic carbocycles. The third kappa shape index (κ3) is 5.27. The van der Waals surface area contributed by atoms with Gasteiger partial charge in [-0.3, -0.25) is 4.79 Å². The number of urea groups is 1. The molecule has 1 rings (SSSR count). The Kier molecular flexibility index (Phi) is 5.64. The molecule has 0 unspecified atom stereocenters. The van der Waals surface area contributed by atoms with Crippen LogP contribution >= 0.6 is 11.6 Å². The van der Waals surface area contributed by atoms with E-state index in [2.05, 4.69) is 10.1 Å². The van der Waals surface area contributed by atoms with Gasteiger partial charge in [0.05, 0.1) is 12.5 Å². The topological polar surface area (TPSA) is 105 Å². The van der Waals surface area contributed by atoms with Crippen molar-refractivity contribution in [3.05, 3.63) is 34.9 Å². The summed E-state index contributed by atoms with van der Waals surface area (Å²) in [5.74, 6) is -0.602. The number of carbonyl (C=O) groups is 2. The number of rotatable bonds is 5. The smallest absolute Gasteiger partial charge is 0.312 e. The predicted molar refractivity (Wildman–Crippen MR) is 68.1 cm³/mol. The van der Waals surface area contributed by atoms with Crippen molar-refractivity contribution in [3.8, 4) is 6.07 Å². The maximum Gasteiger partial charge on any atom is 0.312 e. The van der Waals surface area contributed by atoms with Crippen molar-refractivity contribution in [2.45, 2.75) is 12.5 Å². The highest BCUT2D eigenvalue weighted by Gasteiger charge is 2.18. The predicted octanol–water partition coefficient (Wildman–Crippen LogP) is 1.51. The van der Waals surface area contributed by atoms with Crippen LogP contribution in [-0.2, 0) is 9.53 Å². The van der Waals surface area contributed by atoms with Crippen LogP contribution in [0.3, 0.4) is 0 Å². The van der Waals surface area contributed by atoms with Crippen molar-refractivity contribution >= 4 is 23.6 Å². The number of benzene rings is 1. The summed E-state index contributed by atoms with van der Waals surface area (Å²) in [6.07, 6.45) is -0.119. The van der Waals surface area contributed by atoms with Gasteiger partial charge in [0.15, 0.2) is 6.61 Å². The standard InChI is InChI=1S/C12H12ClN3O3/c13-9-3-1-8(2-4-9)10(16-12(15)18)7-11(17)19-6-5-14/h1-4,10H,6-7H2,(H3,15,16,18)/t10-/m1/s1. The lowest BCUT2D eigenvalue weighted by Crippen LogP contribution is -2.34. The van der Waals surface area contributed by atoms with Crippen molar-refractivity contribution in [1.82, 2.24) is 5.32 Å². The Morgan fingerprint density at radius 2 is 2.05 bits per heavy atom. The first kappa shape index (κ1) is 14.8. The monoisotopic (exact) mass is 281 g/mol. The van der Waals surface area contributed by atoms with Crippen molar-refractivity contribution in [1.29, 1.82) is 5.26 Å². The van der Waals surface area contributed by atoms with Gasteiger partial charge in [-0.2, -0.15) is 5.26 Å². The molecular formula is C12H12ClN3O3. The fraction of sp³-hybridized carbons (Fsp3) is 0.250. The summed E-state index contributed by atoms with van der Waals surface area (Å²) in [5.41, 5.74) is 5.72. The lowest BCUT2D eigenvalue weighted by atomic mass is 10.0. The van der Waals surface area contributed by atoms with Gasteiger partial charge in [0, 0.05) is 5.02 Å². The second-order valence-electron chi connectivity index (χ2n) is 3.64. The Morgan fingerprint density at radius 3 is 2.58 bits per heavy atom. The van der Waals surface area contributed by atoms with E-state index >= 15 is 0 Å². The minimum Gasteiger partial charge on any atom is -0.450 e. The van der Waals surface area contributed by atoms with E-state index in [1.807, 2.05) is 0 Å². The summed E-state index contributed by atoms with van der Waals surface area (Å²) in [5, 5.41) is 11.3. The Hall–Kier alpha value is -2.26. The number of nitrogens with two attached hydrogens (primary N) is 1. The highest BCUT2D eigenvalue weighted by atomic mass is 35.5. The number of esters is 1. The molecule has 100 valence electrons. The molecule has 0 saturated heterocycles. The Bertz CT molecular complexity index is 496. The van der Waals surface area contributed by atoms with Crippen LogP contribution in [0.1, 0.15) is 18.0 Å². The zero-order valence-corrected chi connectivity index (χ0v) is 10.7. The van der Waals surface area contributed by atoms with Crippen LogP contribution in [0.25, 0.3) is 0 Å². The van der Waals surface area contributed by atoms with E-state index in [1.165, 1.54) is 0 Å².